The molecule has 1 fully saturated rings. The quantitative estimate of drug-likeness (QED) is 0.623. The van der Waals surface area contributed by atoms with Gasteiger partial charge in [-0.2, -0.15) is 0 Å². The van der Waals surface area contributed by atoms with Crippen LogP contribution in [0.5, 0.6) is 0 Å². The second-order valence-corrected chi connectivity index (χ2v) is 2.98. The minimum absolute atomic E-state index is 0.159. The molecule has 0 aliphatic heterocycles. The van der Waals surface area contributed by atoms with Crippen LogP contribution in [-0.2, 0) is 4.79 Å². The Labute approximate surface area is 69.8 Å². The van der Waals surface area contributed by atoms with Crippen LogP contribution in [0.1, 0.15) is 12.8 Å². The number of hydrogen-bond acceptors (Lipinski definition) is 2. The van der Waals surface area contributed by atoms with E-state index < -0.39 is 5.97 Å². The maximum Gasteiger partial charge on any atom is 0.306 e. The molecule has 0 saturated heterocycles. The van der Waals surface area contributed by atoms with Crippen LogP contribution in [0.25, 0.3) is 0 Å². The maximum absolute atomic E-state index is 10.5. The topological polar surface area (TPSA) is 63.3 Å². The molecule has 11 heavy (non-hydrogen) atoms. The van der Waals surface area contributed by atoms with Gasteiger partial charge in [0.1, 0.15) is 0 Å². The Morgan fingerprint density at radius 1 is 1.82 bits per heavy atom. The predicted molar refractivity (Wildman–Crippen MR) is 42.3 cm³/mol. The normalized spacial score (nSPS) is 34.5. The molecule has 0 spiro atoms. The molecule has 0 unspecified atom stereocenters. The number of nitrogens with two attached hydrogens (primary N) is 1. The lowest BCUT2D eigenvalue weighted by Crippen LogP contribution is -2.18. The van der Waals surface area contributed by atoms with Gasteiger partial charge in [0.15, 0.2) is 0 Å². The van der Waals surface area contributed by atoms with Crippen molar-refractivity contribution in [1.29, 1.82) is 0 Å². The average molecular weight is 176 g/mol. The van der Waals surface area contributed by atoms with Crippen LogP contribution in [0.3, 0.4) is 0 Å². The number of carbonyl (C=O) groups is 1. The number of aliphatic carboxylic acids is 1. The standard InChI is InChI=1S/C7H10ClNO2/c8-3-5-1-4(7(10)11)2-6(5)9/h3-4,6H,1-2,9H2,(H,10,11)/b5-3-/t4-,6-/m0/s1. The molecular weight excluding hydrogens is 166 g/mol. The Kier molecular flexibility index (Phi) is 2.52. The second-order valence-electron chi connectivity index (χ2n) is 2.77. The fourth-order valence-electron chi connectivity index (χ4n) is 1.29. The summed E-state index contributed by atoms with van der Waals surface area (Å²) in [5.41, 5.74) is 7.84. The SMILES string of the molecule is N[C@H]1C[C@@H](C(=O)O)C/C1=C/Cl. The highest BCUT2D eigenvalue weighted by Crippen LogP contribution is 2.29. The Hall–Kier alpha value is -0.540. The van der Waals surface area contributed by atoms with E-state index in [9.17, 15) is 4.79 Å². The maximum atomic E-state index is 10.5. The summed E-state index contributed by atoms with van der Waals surface area (Å²) in [5, 5.41) is 8.62. The zero-order valence-corrected chi connectivity index (χ0v) is 6.71. The molecule has 4 heteroatoms. The van der Waals surface area contributed by atoms with Crippen molar-refractivity contribution in [2.75, 3.05) is 0 Å². The van der Waals surface area contributed by atoms with Gasteiger partial charge in [-0.25, -0.2) is 0 Å². The minimum atomic E-state index is -0.783. The van der Waals surface area contributed by atoms with Crippen molar-refractivity contribution in [2.45, 2.75) is 18.9 Å². The number of hydrogen-bond donors (Lipinski definition) is 2. The van der Waals surface area contributed by atoms with Crippen molar-refractivity contribution in [3.63, 3.8) is 0 Å². The molecule has 3 N–H and O–H groups in total. The second kappa shape index (κ2) is 3.24. The van der Waals surface area contributed by atoms with E-state index in [4.69, 9.17) is 22.4 Å². The van der Waals surface area contributed by atoms with E-state index in [0.29, 0.717) is 12.8 Å². The first-order chi connectivity index (χ1) is 5.15. The summed E-state index contributed by atoms with van der Waals surface area (Å²) in [6.07, 6.45) is 1.01. The molecule has 0 aromatic carbocycles. The first kappa shape index (κ1) is 8.56. The van der Waals surface area contributed by atoms with Gasteiger partial charge in [-0.1, -0.05) is 11.6 Å². The van der Waals surface area contributed by atoms with Gasteiger partial charge in [-0.05, 0) is 18.4 Å². The molecule has 0 radical (unpaired) electrons. The summed E-state index contributed by atoms with van der Waals surface area (Å²) in [4.78, 5) is 10.5. The third kappa shape index (κ3) is 1.73. The minimum Gasteiger partial charge on any atom is -0.481 e. The first-order valence-corrected chi connectivity index (χ1v) is 3.86. The molecule has 0 aromatic heterocycles. The van der Waals surface area contributed by atoms with Crippen molar-refractivity contribution >= 4 is 17.6 Å². The predicted octanol–water partition coefficient (Wildman–Crippen LogP) is 0.931. The summed E-state index contributed by atoms with van der Waals surface area (Å²) in [6.45, 7) is 0. The number of rotatable bonds is 1. The van der Waals surface area contributed by atoms with Gasteiger partial charge in [0.25, 0.3) is 0 Å². The van der Waals surface area contributed by atoms with Gasteiger partial charge in [-0.15, -0.1) is 0 Å². The zero-order valence-electron chi connectivity index (χ0n) is 5.96. The van der Waals surface area contributed by atoms with Gasteiger partial charge in [0.2, 0.25) is 0 Å². The van der Waals surface area contributed by atoms with Crippen LogP contribution in [0.15, 0.2) is 11.1 Å². The molecule has 0 bridgehead atoms. The van der Waals surface area contributed by atoms with Crippen molar-refractivity contribution in [2.24, 2.45) is 11.7 Å². The molecule has 62 valence electrons. The molecule has 1 saturated carbocycles. The first-order valence-electron chi connectivity index (χ1n) is 3.42. The van der Waals surface area contributed by atoms with Crippen LogP contribution in [-0.4, -0.2) is 17.1 Å². The zero-order chi connectivity index (χ0) is 8.43. The summed E-state index contributed by atoms with van der Waals surface area (Å²) >= 11 is 5.44. The number of halogens is 1. The highest BCUT2D eigenvalue weighted by atomic mass is 35.5. The van der Waals surface area contributed by atoms with Crippen molar-refractivity contribution in [1.82, 2.24) is 0 Å². The van der Waals surface area contributed by atoms with E-state index in [2.05, 4.69) is 0 Å². The molecule has 0 aromatic rings. The average Bonchev–Trinajstić information content (AvgIpc) is 2.31. The fourth-order valence-corrected chi connectivity index (χ4v) is 1.54. The van der Waals surface area contributed by atoms with Gasteiger partial charge in [0.05, 0.1) is 5.92 Å². The summed E-state index contributed by atoms with van der Waals surface area (Å²) < 4.78 is 0. The van der Waals surface area contributed by atoms with E-state index in [1.807, 2.05) is 0 Å². The van der Waals surface area contributed by atoms with E-state index in [1.165, 1.54) is 5.54 Å². The van der Waals surface area contributed by atoms with E-state index >= 15 is 0 Å². The lowest BCUT2D eigenvalue weighted by Gasteiger charge is -2.00. The largest absolute Gasteiger partial charge is 0.481 e. The van der Waals surface area contributed by atoms with E-state index in [-0.39, 0.29) is 12.0 Å². The monoisotopic (exact) mass is 175 g/mol. The van der Waals surface area contributed by atoms with E-state index in [0.717, 1.165) is 5.57 Å². The smallest absolute Gasteiger partial charge is 0.306 e. The van der Waals surface area contributed by atoms with Crippen LogP contribution in [0.4, 0.5) is 0 Å². The molecule has 1 rings (SSSR count). The van der Waals surface area contributed by atoms with Crippen molar-refractivity contribution in [3.05, 3.63) is 11.1 Å². The Balaban J connectivity index is 2.64. The van der Waals surface area contributed by atoms with Gasteiger partial charge < -0.3 is 10.8 Å². The third-order valence-corrected chi connectivity index (χ3v) is 2.27. The summed E-state index contributed by atoms with van der Waals surface area (Å²) in [5.74, 6) is -1.12. The molecule has 1 aliphatic rings. The fraction of sp³-hybridized carbons (Fsp3) is 0.571. The Morgan fingerprint density at radius 2 is 2.45 bits per heavy atom. The number of carboxylic acid groups (broad SMARTS) is 1. The highest BCUT2D eigenvalue weighted by molar-refractivity contribution is 6.25. The van der Waals surface area contributed by atoms with Gasteiger partial charge in [-0.3, -0.25) is 4.79 Å². The van der Waals surface area contributed by atoms with Crippen LogP contribution in [0.2, 0.25) is 0 Å². The van der Waals surface area contributed by atoms with Gasteiger partial charge in [0, 0.05) is 11.6 Å². The molecule has 1 aliphatic carbocycles. The highest BCUT2D eigenvalue weighted by Gasteiger charge is 2.30. The summed E-state index contributed by atoms with van der Waals surface area (Å²) in [7, 11) is 0. The van der Waals surface area contributed by atoms with Crippen molar-refractivity contribution in [3.8, 4) is 0 Å². The van der Waals surface area contributed by atoms with Gasteiger partial charge >= 0.3 is 5.97 Å². The third-order valence-electron chi connectivity index (χ3n) is 1.99. The molecule has 3 nitrogen and oxygen atoms in total. The molecule has 0 amide bonds. The van der Waals surface area contributed by atoms with Crippen molar-refractivity contribution < 1.29 is 9.90 Å². The number of carboxylic acids is 1. The molecule has 2 atom stereocenters. The van der Waals surface area contributed by atoms with Crippen LogP contribution < -0.4 is 5.73 Å². The lowest BCUT2D eigenvalue weighted by atomic mass is 10.1. The lowest BCUT2D eigenvalue weighted by molar-refractivity contribution is -0.141. The Morgan fingerprint density at radius 3 is 2.73 bits per heavy atom. The molecular formula is C7H10ClNO2. The van der Waals surface area contributed by atoms with Crippen LogP contribution in [0, 0.1) is 5.92 Å². The molecule has 0 heterocycles. The Bertz CT molecular complexity index is 203. The summed E-state index contributed by atoms with van der Waals surface area (Å²) in [6, 6.07) is -0.159. The van der Waals surface area contributed by atoms with E-state index in [1.54, 1.807) is 0 Å². The van der Waals surface area contributed by atoms with Crippen LogP contribution >= 0.6 is 11.6 Å².